The van der Waals surface area contributed by atoms with Gasteiger partial charge in [0.25, 0.3) is 0 Å². The average molecular weight is 300 g/mol. The summed E-state index contributed by atoms with van der Waals surface area (Å²) >= 11 is 6.02. The molecule has 0 amide bonds. The lowest BCUT2D eigenvalue weighted by atomic mass is 9.91. The molecule has 0 radical (unpaired) electrons. The molecular formula is C19H22ClN. The Hall–Kier alpha value is -1.31. The zero-order valence-corrected chi connectivity index (χ0v) is 13.2. The molecule has 1 saturated carbocycles. The molecule has 2 heteroatoms. The topological polar surface area (TPSA) is 12.0 Å². The minimum absolute atomic E-state index is 0.505. The van der Waals surface area contributed by atoms with Crippen molar-refractivity contribution in [1.82, 2.24) is 5.32 Å². The molecule has 0 saturated heterocycles. The van der Waals surface area contributed by atoms with Crippen LogP contribution in [0.25, 0.3) is 0 Å². The molecule has 1 N–H and O–H groups in total. The van der Waals surface area contributed by atoms with Crippen molar-refractivity contribution in [1.29, 1.82) is 0 Å². The minimum Gasteiger partial charge on any atom is -0.313 e. The van der Waals surface area contributed by atoms with Crippen LogP contribution < -0.4 is 5.32 Å². The zero-order valence-electron chi connectivity index (χ0n) is 12.5. The first-order valence-electron chi connectivity index (χ1n) is 7.75. The third kappa shape index (κ3) is 4.33. The SMILES string of the molecule is Cc1ccc(CC(CNC2CC2)c2ccc(Cl)cc2)cc1. The van der Waals surface area contributed by atoms with Crippen molar-refractivity contribution >= 4 is 11.6 Å². The summed E-state index contributed by atoms with van der Waals surface area (Å²) in [5.74, 6) is 0.505. The van der Waals surface area contributed by atoms with Crippen LogP contribution in [-0.4, -0.2) is 12.6 Å². The molecule has 1 atom stereocenters. The fraction of sp³-hybridized carbons (Fsp3) is 0.368. The van der Waals surface area contributed by atoms with Gasteiger partial charge >= 0.3 is 0 Å². The molecule has 0 bridgehead atoms. The maximum absolute atomic E-state index is 6.02. The Labute approximate surface area is 132 Å². The van der Waals surface area contributed by atoms with E-state index in [-0.39, 0.29) is 0 Å². The largest absolute Gasteiger partial charge is 0.313 e. The standard InChI is InChI=1S/C19H22ClN/c1-14-2-4-15(5-3-14)12-17(13-21-19-10-11-19)16-6-8-18(20)9-7-16/h2-9,17,19,21H,10-13H2,1H3. The van der Waals surface area contributed by atoms with Crippen molar-refractivity contribution in [3.05, 3.63) is 70.2 Å². The lowest BCUT2D eigenvalue weighted by molar-refractivity contribution is 0.577. The second-order valence-electron chi connectivity index (χ2n) is 6.12. The normalized spacial score (nSPS) is 15.9. The van der Waals surface area contributed by atoms with E-state index in [2.05, 4.69) is 48.6 Å². The first kappa shape index (κ1) is 14.6. The summed E-state index contributed by atoms with van der Waals surface area (Å²) in [5.41, 5.74) is 4.09. The third-order valence-electron chi connectivity index (χ3n) is 4.17. The van der Waals surface area contributed by atoms with Crippen LogP contribution in [0, 0.1) is 6.92 Å². The van der Waals surface area contributed by atoms with E-state index in [0.29, 0.717) is 5.92 Å². The molecule has 0 heterocycles. The van der Waals surface area contributed by atoms with Crippen LogP contribution in [0.4, 0.5) is 0 Å². The van der Waals surface area contributed by atoms with Crippen LogP contribution in [0.5, 0.6) is 0 Å². The van der Waals surface area contributed by atoms with Gasteiger partial charge in [0, 0.05) is 23.5 Å². The Morgan fingerprint density at radius 1 is 1.05 bits per heavy atom. The first-order valence-corrected chi connectivity index (χ1v) is 8.13. The third-order valence-corrected chi connectivity index (χ3v) is 4.43. The molecule has 2 aromatic carbocycles. The van der Waals surface area contributed by atoms with Crippen molar-refractivity contribution in [2.45, 2.75) is 38.1 Å². The van der Waals surface area contributed by atoms with Crippen LogP contribution in [-0.2, 0) is 6.42 Å². The van der Waals surface area contributed by atoms with Gasteiger partial charge in [0.1, 0.15) is 0 Å². The van der Waals surface area contributed by atoms with E-state index in [4.69, 9.17) is 11.6 Å². The summed E-state index contributed by atoms with van der Waals surface area (Å²) in [6.45, 7) is 3.18. The highest BCUT2D eigenvalue weighted by Crippen LogP contribution is 2.25. The highest BCUT2D eigenvalue weighted by Gasteiger charge is 2.22. The number of hydrogen-bond acceptors (Lipinski definition) is 1. The fourth-order valence-corrected chi connectivity index (χ4v) is 2.77. The van der Waals surface area contributed by atoms with Gasteiger partial charge < -0.3 is 5.32 Å². The summed E-state index contributed by atoms with van der Waals surface area (Å²) in [7, 11) is 0. The van der Waals surface area contributed by atoms with Crippen LogP contribution in [0.15, 0.2) is 48.5 Å². The van der Waals surface area contributed by atoms with Crippen molar-refractivity contribution in [3.63, 3.8) is 0 Å². The van der Waals surface area contributed by atoms with Crippen molar-refractivity contribution < 1.29 is 0 Å². The van der Waals surface area contributed by atoms with E-state index in [1.54, 1.807) is 0 Å². The van der Waals surface area contributed by atoms with E-state index >= 15 is 0 Å². The Morgan fingerprint density at radius 3 is 2.33 bits per heavy atom. The van der Waals surface area contributed by atoms with Crippen LogP contribution in [0.2, 0.25) is 5.02 Å². The molecule has 1 nitrogen and oxygen atoms in total. The Morgan fingerprint density at radius 2 is 1.71 bits per heavy atom. The molecule has 110 valence electrons. The van der Waals surface area contributed by atoms with E-state index < -0.39 is 0 Å². The van der Waals surface area contributed by atoms with Gasteiger partial charge in [-0.05, 0) is 49.4 Å². The minimum atomic E-state index is 0.505. The van der Waals surface area contributed by atoms with E-state index in [1.807, 2.05) is 12.1 Å². The van der Waals surface area contributed by atoms with Crippen LogP contribution in [0.1, 0.15) is 35.4 Å². The monoisotopic (exact) mass is 299 g/mol. The number of nitrogens with one attached hydrogen (secondary N) is 1. The Balaban J connectivity index is 1.73. The van der Waals surface area contributed by atoms with Gasteiger partial charge in [-0.2, -0.15) is 0 Å². The molecule has 0 aromatic heterocycles. The molecular weight excluding hydrogens is 278 g/mol. The van der Waals surface area contributed by atoms with Gasteiger partial charge in [-0.3, -0.25) is 0 Å². The van der Waals surface area contributed by atoms with Gasteiger partial charge in [-0.25, -0.2) is 0 Å². The molecule has 2 aromatic rings. The molecule has 1 unspecified atom stereocenters. The summed E-state index contributed by atoms with van der Waals surface area (Å²) < 4.78 is 0. The number of hydrogen-bond donors (Lipinski definition) is 1. The van der Waals surface area contributed by atoms with Gasteiger partial charge in [-0.1, -0.05) is 53.6 Å². The molecule has 1 fully saturated rings. The number of benzene rings is 2. The van der Waals surface area contributed by atoms with Crippen molar-refractivity contribution in [2.75, 3.05) is 6.54 Å². The van der Waals surface area contributed by atoms with Crippen LogP contribution >= 0.6 is 11.6 Å². The lowest BCUT2D eigenvalue weighted by Crippen LogP contribution is -2.24. The quantitative estimate of drug-likeness (QED) is 0.813. The summed E-state index contributed by atoms with van der Waals surface area (Å²) in [5, 5.41) is 4.48. The highest BCUT2D eigenvalue weighted by atomic mass is 35.5. The zero-order chi connectivity index (χ0) is 14.7. The number of aryl methyl sites for hydroxylation is 1. The van der Waals surface area contributed by atoms with Gasteiger partial charge in [-0.15, -0.1) is 0 Å². The molecule has 1 aliphatic carbocycles. The number of rotatable bonds is 6. The molecule has 1 aliphatic rings. The molecule has 21 heavy (non-hydrogen) atoms. The van der Waals surface area contributed by atoms with Crippen molar-refractivity contribution in [2.24, 2.45) is 0 Å². The van der Waals surface area contributed by atoms with Gasteiger partial charge in [0.2, 0.25) is 0 Å². The van der Waals surface area contributed by atoms with Gasteiger partial charge in [0.05, 0.1) is 0 Å². The molecule has 0 spiro atoms. The average Bonchev–Trinajstić information content (AvgIpc) is 3.31. The van der Waals surface area contributed by atoms with E-state index in [9.17, 15) is 0 Å². The van der Waals surface area contributed by atoms with E-state index in [1.165, 1.54) is 29.5 Å². The Kier molecular flexibility index (Phi) is 4.62. The second kappa shape index (κ2) is 6.64. The van der Waals surface area contributed by atoms with Gasteiger partial charge in [0.15, 0.2) is 0 Å². The first-order chi connectivity index (χ1) is 10.2. The maximum Gasteiger partial charge on any atom is 0.0406 e. The summed E-state index contributed by atoms with van der Waals surface area (Å²) in [6.07, 6.45) is 3.73. The fourth-order valence-electron chi connectivity index (χ4n) is 2.65. The maximum atomic E-state index is 6.02. The van der Waals surface area contributed by atoms with E-state index in [0.717, 1.165) is 24.0 Å². The van der Waals surface area contributed by atoms with Crippen LogP contribution in [0.3, 0.4) is 0 Å². The summed E-state index contributed by atoms with van der Waals surface area (Å²) in [6, 6.07) is 18.0. The highest BCUT2D eigenvalue weighted by molar-refractivity contribution is 6.30. The smallest absolute Gasteiger partial charge is 0.0406 e. The second-order valence-corrected chi connectivity index (χ2v) is 6.56. The predicted octanol–water partition coefficient (Wildman–Crippen LogP) is 4.73. The predicted molar refractivity (Wildman–Crippen MR) is 90.1 cm³/mol. The Bertz CT molecular complexity index is 570. The van der Waals surface area contributed by atoms with Crippen molar-refractivity contribution in [3.8, 4) is 0 Å². The molecule has 3 rings (SSSR count). The summed E-state index contributed by atoms with van der Waals surface area (Å²) in [4.78, 5) is 0. The molecule has 0 aliphatic heterocycles. The lowest BCUT2D eigenvalue weighted by Gasteiger charge is -2.18. The number of halogens is 1.